The number of aliphatic hydroxyl groups excluding tert-OH is 1. The molecule has 7 unspecified atom stereocenters. The number of carbonyl (C=O) groups is 8. The van der Waals surface area contributed by atoms with Crippen LogP contribution < -0.4 is 32.3 Å². The number of rotatable bonds is 11. The summed E-state index contributed by atoms with van der Waals surface area (Å²) in [5, 5.41) is 68.5. The maximum atomic E-state index is 15.2. The summed E-state index contributed by atoms with van der Waals surface area (Å²) in [6.07, 6.45) is -7.56. The quantitative estimate of drug-likeness (QED) is 0.0505. The molecule has 0 aliphatic carbocycles. The molecule has 12 bridgehead atoms. The molecule has 5 aliphatic rings. The van der Waals surface area contributed by atoms with Crippen LogP contribution in [0, 0.1) is 0 Å². The minimum atomic E-state index is -1.92. The van der Waals surface area contributed by atoms with Gasteiger partial charge in [0, 0.05) is 82.6 Å². The van der Waals surface area contributed by atoms with Crippen molar-refractivity contribution in [1.29, 1.82) is 0 Å². The number of nitrogens with zero attached hydrogens (tertiary/aromatic N) is 10. The fourth-order valence-electron chi connectivity index (χ4n) is 13.2. The Bertz CT molecular complexity index is 4760. The molecule has 13 rings (SSSR count). The fourth-order valence-corrected chi connectivity index (χ4v) is 17.4. The Hall–Kier alpha value is -9.36. The van der Waals surface area contributed by atoms with Gasteiger partial charge >= 0.3 is 11.9 Å². The Labute approximate surface area is 617 Å². The lowest BCUT2D eigenvalue weighted by Gasteiger charge is -2.48. The van der Waals surface area contributed by atoms with Gasteiger partial charge in [-0.2, -0.15) is 4.73 Å². The van der Waals surface area contributed by atoms with E-state index >= 15 is 19.2 Å². The molecule has 8 aromatic rings. The van der Waals surface area contributed by atoms with Gasteiger partial charge < -0.3 is 91.1 Å². The van der Waals surface area contributed by atoms with Crippen LogP contribution in [0.1, 0.15) is 125 Å². The number of primary amides is 1. The molecule has 2 saturated heterocycles. The molecular formula is C66H72N16O18S5. The van der Waals surface area contributed by atoms with Crippen LogP contribution >= 0.6 is 56.7 Å². The number of pyridine rings is 1. The molecule has 105 heavy (non-hydrogen) atoms. The van der Waals surface area contributed by atoms with E-state index < -0.39 is 145 Å². The van der Waals surface area contributed by atoms with Crippen molar-refractivity contribution in [1.82, 2.24) is 75.9 Å². The standard InChI is InChI=1S/C66H72N16O18S5/c1-27(83)44-58(90)77-45(28(2)95-8)61-72-39(26-103-61)57(89)78-48-50-51(100-42-17-66(4,93)52(79(5)6)29(3)99-42)65(92)97-19-30-10-9-11-40-43(30)32(20-96-50)49(82(40)94)64(91)98-21-34(69-55(87)37-25-105-63(48)74-37)60-70-35(22-102-60)46-31(59-71-38(23-101-59)56(88)76-44)16-41(84)47(75-46)62-73-36(24-104-62)54(86)68-33(53(67)85)18-81-14-12-80(7)13-15-81/h9-11,16,22-27,29,33-34,42,44,48,50-52,83-84,93-94H,12-15,17-21H2,1-8H3,(H2,67,85)(H,68,86)(H,69,87)(H,76,88)(H,77,90)(H,78,89)/t27?,29-,33?,34?,42-,44?,48?,50?,51?,52+,66-/m0/s1. The largest absolute Gasteiger partial charge is 0.506 e. The van der Waals surface area contributed by atoms with Gasteiger partial charge in [0.15, 0.2) is 18.1 Å². The van der Waals surface area contributed by atoms with Crippen LogP contribution in [0.15, 0.2) is 56.9 Å². The van der Waals surface area contributed by atoms with E-state index in [4.69, 9.17) is 49.1 Å². The third-order valence-corrected chi connectivity index (χ3v) is 22.9. The number of fused-ring (bicyclic) bond motifs is 15. The number of piperazine rings is 1. The zero-order valence-corrected chi connectivity index (χ0v) is 61.5. The van der Waals surface area contributed by atoms with Gasteiger partial charge in [0.2, 0.25) is 11.8 Å². The summed E-state index contributed by atoms with van der Waals surface area (Å²) in [6.45, 7) is 7.18. The van der Waals surface area contributed by atoms with Gasteiger partial charge in [-0.25, -0.2) is 39.5 Å². The molecule has 0 radical (unpaired) electrons. The summed E-state index contributed by atoms with van der Waals surface area (Å²) >= 11 is 4.55. The fraction of sp³-hybridized carbons (Fsp3) is 0.424. The van der Waals surface area contributed by atoms with Gasteiger partial charge in [-0.1, -0.05) is 12.1 Å². The number of cyclic esters (lactones) is 2. The molecule has 39 heteroatoms. The monoisotopic (exact) mass is 1540 g/mol. The highest BCUT2D eigenvalue weighted by Gasteiger charge is 2.50. The van der Waals surface area contributed by atoms with Crippen LogP contribution in [0.4, 0.5) is 0 Å². The number of nitrogens with one attached hydrogen (secondary N) is 5. The van der Waals surface area contributed by atoms with E-state index in [1.54, 1.807) is 45.0 Å². The van der Waals surface area contributed by atoms with Crippen LogP contribution in [0.2, 0.25) is 0 Å². The number of carbonyl (C=O) groups excluding carboxylic acids is 8. The van der Waals surface area contributed by atoms with Gasteiger partial charge in [0.05, 0.1) is 43.1 Å². The molecule has 7 aromatic heterocycles. The Morgan fingerprint density at radius 3 is 2.22 bits per heavy atom. The number of amides is 6. The van der Waals surface area contributed by atoms with Gasteiger partial charge in [0.25, 0.3) is 23.6 Å². The molecule has 11 N–H and O–H groups in total. The minimum absolute atomic E-state index is 0.0121. The SMILES string of the molecule is COC(C)=C1NC(=O)C(C(C)O)NC(=O)c2csc(n2)-c2cc(O)c(-c3nc(C(=O)NC(CN4CCN(C)CC4)C(N)=O)cs3)nc2-c2csc(n2)C2COC(=O)c3c4c5c(cccc5n3O)COC(=O)C(O[C@H]3C[C@](C)(O)[C@H](N(C)C)[C@H](C)O3)C(OC4)C(NC(=O)c3csc1n3)c1nc(cs1)C(=O)N2. The van der Waals surface area contributed by atoms with Crippen molar-refractivity contribution in [2.75, 3.05) is 67.6 Å². The van der Waals surface area contributed by atoms with E-state index in [1.807, 2.05) is 11.9 Å². The van der Waals surface area contributed by atoms with E-state index in [0.717, 1.165) is 69.8 Å². The third-order valence-electron chi connectivity index (χ3n) is 18.4. The average molecular weight is 1540 g/mol. The normalized spacial score (nSPS) is 24.8. The Kier molecular flexibility index (Phi) is 21.3. The van der Waals surface area contributed by atoms with E-state index in [9.17, 15) is 39.7 Å². The van der Waals surface area contributed by atoms with Crippen LogP contribution in [0.3, 0.4) is 0 Å². The smallest absolute Gasteiger partial charge is 0.358 e. The first-order valence-electron chi connectivity index (χ1n) is 32.8. The van der Waals surface area contributed by atoms with Crippen LogP contribution in [0.5, 0.6) is 5.75 Å². The number of thiazole rings is 5. The molecule has 12 heterocycles. The number of benzene rings is 1. The number of nitrogens with two attached hydrogens (primary N) is 1. The van der Waals surface area contributed by atoms with Crippen molar-refractivity contribution in [2.45, 2.75) is 114 Å². The second-order valence-electron chi connectivity index (χ2n) is 26.1. The van der Waals surface area contributed by atoms with Crippen molar-refractivity contribution in [3.63, 3.8) is 0 Å². The maximum absolute atomic E-state index is 15.2. The lowest BCUT2D eigenvalue weighted by molar-refractivity contribution is -0.280. The number of allylic oxidation sites excluding steroid dienone is 1. The zero-order chi connectivity index (χ0) is 74.6. The molecular weight excluding hydrogens is 1470 g/mol. The number of hydrogen-bond acceptors (Lipinski definition) is 32. The highest BCUT2D eigenvalue weighted by molar-refractivity contribution is 7.14. The molecule has 554 valence electrons. The van der Waals surface area contributed by atoms with Crippen molar-refractivity contribution in [3.05, 3.63) is 112 Å². The molecule has 11 atom stereocenters. The van der Waals surface area contributed by atoms with E-state index in [2.05, 4.69) is 46.4 Å². The summed E-state index contributed by atoms with van der Waals surface area (Å²) < 4.78 is 38.4. The number of ether oxygens (including phenoxy) is 6. The van der Waals surface area contributed by atoms with Gasteiger partial charge in [-0.3, -0.25) is 33.7 Å². The number of aromatic hydroxyl groups is 1. The van der Waals surface area contributed by atoms with Gasteiger partial charge in [-0.05, 0) is 66.5 Å². The van der Waals surface area contributed by atoms with Crippen LogP contribution in [-0.2, 0) is 56.0 Å². The zero-order valence-electron chi connectivity index (χ0n) is 57.4. The predicted octanol–water partition coefficient (Wildman–Crippen LogP) is 2.99. The Morgan fingerprint density at radius 1 is 0.838 bits per heavy atom. The first kappa shape index (κ1) is 73.9. The van der Waals surface area contributed by atoms with E-state index in [0.29, 0.717) is 23.4 Å². The lowest BCUT2D eigenvalue weighted by Crippen LogP contribution is -2.62. The summed E-state index contributed by atoms with van der Waals surface area (Å²) in [5.74, 6) is -7.86. The molecule has 5 aliphatic heterocycles. The summed E-state index contributed by atoms with van der Waals surface area (Å²) in [5.41, 5.74) is 3.11. The van der Waals surface area contributed by atoms with Crippen molar-refractivity contribution < 1.29 is 87.3 Å². The van der Waals surface area contributed by atoms with Crippen molar-refractivity contribution in [2.24, 2.45) is 5.73 Å². The number of likely N-dealkylation sites (N-methyl/N-ethyl adjacent to an activating group) is 2. The Morgan fingerprint density at radius 2 is 1.50 bits per heavy atom. The average Bonchev–Trinajstić information content (AvgIpc) is 1.75. The van der Waals surface area contributed by atoms with Crippen molar-refractivity contribution >= 4 is 121 Å². The molecule has 0 spiro atoms. The summed E-state index contributed by atoms with van der Waals surface area (Å²) in [4.78, 5) is 150. The highest BCUT2D eigenvalue weighted by Crippen LogP contribution is 2.43. The summed E-state index contributed by atoms with van der Waals surface area (Å²) in [7, 11) is 6.83. The number of aromatic nitrogens is 7. The topological polar surface area (TPSA) is 451 Å². The van der Waals surface area contributed by atoms with Gasteiger partial charge in [-0.15, -0.1) is 56.7 Å². The second-order valence-corrected chi connectivity index (χ2v) is 30.4. The Balaban J connectivity index is 0.955. The second kappa shape index (κ2) is 30.2. The van der Waals surface area contributed by atoms with Crippen LogP contribution in [0.25, 0.3) is 49.3 Å². The summed E-state index contributed by atoms with van der Waals surface area (Å²) in [6, 6.07) is -0.403. The molecule has 34 nitrogen and oxygen atoms in total. The highest BCUT2D eigenvalue weighted by atomic mass is 32.1. The number of methoxy groups -OCH3 is 1. The molecule has 2 fully saturated rings. The molecule has 1 aromatic carbocycles. The maximum Gasteiger partial charge on any atom is 0.358 e. The molecule has 0 saturated carbocycles. The molecule has 6 amide bonds. The predicted molar refractivity (Wildman–Crippen MR) is 379 cm³/mol. The third kappa shape index (κ3) is 15.1. The van der Waals surface area contributed by atoms with Gasteiger partial charge in [0.1, 0.15) is 126 Å². The number of aliphatic hydroxyl groups is 2. The number of hydrogen-bond donors (Lipinski definition) is 10. The minimum Gasteiger partial charge on any atom is -0.506 e. The lowest BCUT2D eigenvalue weighted by atomic mass is 9.85. The van der Waals surface area contributed by atoms with Crippen molar-refractivity contribution in [3.8, 4) is 38.4 Å². The number of esters is 2. The van der Waals surface area contributed by atoms with E-state index in [-0.39, 0.29) is 111 Å². The first-order valence-corrected chi connectivity index (χ1v) is 37.2. The van der Waals surface area contributed by atoms with E-state index in [1.165, 1.54) is 60.0 Å². The first-order chi connectivity index (χ1) is 50.1. The van der Waals surface area contributed by atoms with Crippen LogP contribution in [-0.4, -0.2) is 239 Å².